The van der Waals surface area contributed by atoms with E-state index in [1.807, 2.05) is 18.2 Å². The van der Waals surface area contributed by atoms with Gasteiger partial charge in [0.05, 0.1) is 18.4 Å². The monoisotopic (exact) mass is 310 g/mol. The average Bonchev–Trinajstić information content (AvgIpc) is 2.90. The van der Waals surface area contributed by atoms with Crippen molar-refractivity contribution in [3.05, 3.63) is 46.8 Å². The van der Waals surface area contributed by atoms with E-state index in [0.717, 1.165) is 25.2 Å². The minimum Gasteiger partial charge on any atom is -0.464 e. The van der Waals surface area contributed by atoms with Gasteiger partial charge in [0, 0.05) is 25.0 Å². The normalized spacial score (nSPS) is 14.1. The highest BCUT2D eigenvalue weighted by Gasteiger charge is 2.22. The molecule has 118 valence electrons. The lowest BCUT2D eigenvalue weighted by molar-refractivity contribution is 0.0593. The summed E-state index contributed by atoms with van der Waals surface area (Å²) in [5, 5.41) is 9.18. The van der Waals surface area contributed by atoms with Crippen molar-refractivity contribution < 1.29 is 9.53 Å². The van der Waals surface area contributed by atoms with Crippen LogP contribution in [0.3, 0.4) is 0 Å². The fourth-order valence-corrected chi connectivity index (χ4v) is 2.95. The summed E-state index contributed by atoms with van der Waals surface area (Å²) in [4.78, 5) is 14.3. The van der Waals surface area contributed by atoms with Gasteiger partial charge in [-0.15, -0.1) is 0 Å². The van der Waals surface area contributed by atoms with Crippen LogP contribution in [0.15, 0.2) is 24.4 Å². The predicted molar refractivity (Wildman–Crippen MR) is 86.3 cm³/mol. The van der Waals surface area contributed by atoms with Gasteiger partial charge in [-0.1, -0.05) is 6.07 Å². The van der Waals surface area contributed by atoms with Crippen LogP contribution in [0.5, 0.6) is 0 Å². The highest BCUT2D eigenvalue weighted by molar-refractivity contribution is 5.95. The number of carbonyl (C=O) groups is 1. The third kappa shape index (κ3) is 2.56. The molecular formula is C17H18N4O2. The van der Waals surface area contributed by atoms with Gasteiger partial charge < -0.3 is 19.9 Å². The first-order valence-corrected chi connectivity index (χ1v) is 7.35. The Morgan fingerprint density at radius 1 is 1.39 bits per heavy atom. The molecule has 0 bridgehead atoms. The molecule has 0 radical (unpaired) electrons. The Morgan fingerprint density at radius 3 is 2.87 bits per heavy atom. The van der Waals surface area contributed by atoms with E-state index in [1.54, 1.807) is 10.8 Å². The lowest BCUT2D eigenvalue weighted by Gasteiger charge is -2.25. The highest BCUT2D eigenvalue weighted by Crippen LogP contribution is 2.27. The fourth-order valence-electron chi connectivity index (χ4n) is 2.95. The first-order valence-electron chi connectivity index (χ1n) is 7.35. The molecule has 0 fully saturated rings. The van der Waals surface area contributed by atoms with Crippen molar-refractivity contribution in [3.8, 4) is 11.8 Å². The molecule has 0 atom stereocenters. The van der Waals surface area contributed by atoms with Crippen LogP contribution >= 0.6 is 0 Å². The number of anilines is 1. The zero-order valence-corrected chi connectivity index (χ0v) is 13.2. The number of hydrogen-bond donors (Lipinski definition) is 1. The van der Waals surface area contributed by atoms with Crippen LogP contribution < -0.4 is 5.73 Å². The van der Waals surface area contributed by atoms with Crippen LogP contribution in [0, 0.1) is 11.3 Å². The molecule has 6 nitrogen and oxygen atoms in total. The number of nitrogens with zero attached hydrogens (tertiary/aromatic N) is 3. The summed E-state index contributed by atoms with van der Waals surface area (Å²) in [6.07, 6.45) is 2.59. The van der Waals surface area contributed by atoms with E-state index in [2.05, 4.69) is 18.0 Å². The van der Waals surface area contributed by atoms with E-state index < -0.39 is 5.97 Å². The number of nitriles is 1. The summed E-state index contributed by atoms with van der Waals surface area (Å²) < 4.78 is 6.44. The first kappa shape index (κ1) is 15.1. The topological polar surface area (TPSA) is 84.3 Å². The zero-order valence-electron chi connectivity index (χ0n) is 13.2. The number of rotatable bonds is 2. The Labute approximate surface area is 134 Å². The third-order valence-electron chi connectivity index (χ3n) is 4.21. The van der Waals surface area contributed by atoms with Gasteiger partial charge >= 0.3 is 5.97 Å². The largest absolute Gasteiger partial charge is 0.464 e. The number of ether oxygens (including phenoxy) is 1. The molecule has 1 aromatic carbocycles. The number of hydrogen-bond acceptors (Lipinski definition) is 5. The van der Waals surface area contributed by atoms with Crippen molar-refractivity contribution in [2.45, 2.75) is 13.0 Å². The van der Waals surface area contributed by atoms with Crippen molar-refractivity contribution in [2.24, 2.45) is 0 Å². The van der Waals surface area contributed by atoms with Crippen LogP contribution in [0.2, 0.25) is 0 Å². The van der Waals surface area contributed by atoms with E-state index in [9.17, 15) is 10.1 Å². The number of fused-ring (bicyclic) bond motifs is 1. The summed E-state index contributed by atoms with van der Waals surface area (Å²) >= 11 is 0. The Morgan fingerprint density at radius 2 is 2.17 bits per heavy atom. The molecule has 0 unspecified atom stereocenters. The number of benzene rings is 1. The van der Waals surface area contributed by atoms with E-state index >= 15 is 0 Å². The maximum atomic E-state index is 12.1. The van der Waals surface area contributed by atoms with Crippen molar-refractivity contribution in [1.29, 1.82) is 5.26 Å². The van der Waals surface area contributed by atoms with Crippen LogP contribution in [-0.4, -0.2) is 36.1 Å². The lowest BCUT2D eigenvalue weighted by atomic mass is 9.99. The quantitative estimate of drug-likeness (QED) is 0.854. The summed E-state index contributed by atoms with van der Waals surface area (Å²) in [5.41, 5.74) is 9.87. The average molecular weight is 310 g/mol. The highest BCUT2D eigenvalue weighted by atomic mass is 16.5. The van der Waals surface area contributed by atoms with Gasteiger partial charge in [-0.05, 0) is 36.7 Å². The van der Waals surface area contributed by atoms with Gasteiger partial charge in [0.15, 0.2) is 5.69 Å². The Hall–Kier alpha value is -2.78. The maximum absolute atomic E-state index is 12.1. The minimum absolute atomic E-state index is 0.147. The van der Waals surface area contributed by atoms with Crippen LogP contribution in [0.25, 0.3) is 5.69 Å². The van der Waals surface area contributed by atoms with Gasteiger partial charge in [0.1, 0.15) is 6.07 Å². The van der Waals surface area contributed by atoms with Crippen LogP contribution in [0.4, 0.5) is 5.69 Å². The Kier molecular flexibility index (Phi) is 3.80. The Bertz CT molecular complexity index is 817. The molecule has 0 saturated heterocycles. The molecule has 1 aromatic heterocycles. The summed E-state index contributed by atoms with van der Waals surface area (Å²) in [6, 6.07) is 8.06. The number of likely N-dealkylation sites (N-methyl/N-ethyl adjacent to an activating group) is 1. The first-order chi connectivity index (χ1) is 11.0. The molecule has 0 saturated carbocycles. The summed E-state index contributed by atoms with van der Waals surface area (Å²) in [5.74, 6) is -0.557. The van der Waals surface area contributed by atoms with Crippen molar-refractivity contribution in [1.82, 2.24) is 9.47 Å². The molecule has 1 aliphatic rings. The molecule has 0 spiro atoms. The molecule has 0 amide bonds. The SMILES string of the molecule is COC(=O)c1c(N)c(C#N)cn1-c1ccc2c(c1)CN(C)CC2. The smallest absolute Gasteiger partial charge is 0.357 e. The molecule has 3 rings (SSSR count). The predicted octanol–water partition coefficient (Wildman–Crippen LogP) is 1.71. The Balaban J connectivity index is 2.14. The van der Waals surface area contributed by atoms with Crippen molar-refractivity contribution >= 4 is 11.7 Å². The molecular weight excluding hydrogens is 292 g/mol. The van der Waals surface area contributed by atoms with Crippen molar-refractivity contribution in [2.75, 3.05) is 26.4 Å². The second-order valence-electron chi connectivity index (χ2n) is 5.72. The van der Waals surface area contributed by atoms with E-state index in [4.69, 9.17) is 10.5 Å². The van der Waals surface area contributed by atoms with Gasteiger partial charge in [0.2, 0.25) is 0 Å². The second-order valence-corrected chi connectivity index (χ2v) is 5.72. The second kappa shape index (κ2) is 5.78. The number of aromatic nitrogens is 1. The third-order valence-corrected chi connectivity index (χ3v) is 4.21. The summed E-state index contributed by atoms with van der Waals surface area (Å²) in [6.45, 7) is 1.90. The molecule has 1 aliphatic heterocycles. The fraction of sp³-hybridized carbons (Fsp3) is 0.294. The number of esters is 1. The molecule has 2 N–H and O–H groups in total. The maximum Gasteiger partial charge on any atom is 0.357 e. The van der Waals surface area contributed by atoms with Crippen molar-refractivity contribution in [3.63, 3.8) is 0 Å². The van der Waals surface area contributed by atoms with E-state index in [1.165, 1.54) is 18.2 Å². The number of methoxy groups -OCH3 is 1. The molecule has 2 heterocycles. The van der Waals surface area contributed by atoms with E-state index in [0.29, 0.717) is 0 Å². The number of carbonyl (C=O) groups excluding carboxylic acids is 1. The van der Waals surface area contributed by atoms with Gasteiger partial charge in [-0.2, -0.15) is 5.26 Å². The van der Waals surface area contributed by atoms with Gasteiger partial charge in [-0.3, -0.25) is 0 Å². The standard InChI is InChI=1S/C17H18N4O2/c1-20-6-5-11-3-4-14(7-12(11)9-20)21-10-13(8-18)15(19)16(21)17(22)23-2/h3-4,7,10H,5-6,9,19H2,1-2H3. The van der Waals surface area contributed by atoms with Gasteiger partial charge in [-0.25, -0.2) is 4.79 Å². The van der Waals surface area contributed by atoms with Crippen LogP contribution in [0.1, 0.15) is 27.2 Å². The zero-order chi connectivity index (χ0) is 16.6. The molecule has 6 heteroatoms. The molecule has 0 aliphatic carbocycles. The summed E-state index contributed by atoms with van der Waals surface area (Å²) in [7, 11) is 3.38. The van der Waals surface area contributed by atoms with Gasteiger partial charge in [0.25, 0.3) is 0 Å². The lowest BCUT2D eigenvalue weighted by Crippen LogP contribution is -2.26. The number of nitrogens with two attached hydrogens (primary N) is 1. The molecule has 2 aromatic rings. The molecule has 23 heavy (non-hydrogen) atoms. The minimum atomic E-state index is -0.557. The van der Waals surface area contributed by atoms with E-state index in [-0.39, 0.29) is 16.9 Å². The van der Waals surface area contributed by atoms with Crippen LogP contribution in [-0.2, 0) is 17.7 Å². The number of nitrogen functional groups attached to an aromatic ring is 1.